The molecule has 0 amide bonds. The van der Waals surface area contributed by atoms with E-state index >= 15 is 17.6 Å². The number of rotatable bonds is 6. The van der Waals surface area contributed by atoms with Gasteiger partial charge in [-0.15, -0.1) is 0 Å². The highest BCUT2D eigenvalue weighted by Gasteiger charge is 2.32. The third-order valence-corrected chi connectivity index (χ3v) is 10.6. The Kier molecular flexibility index (Phi) is 9.65. The molecule has 4 aromatic rings. The first kappa shape index (κ1) is 34.3. The van der Waals surface area contributed by atoms with Gasteiger partial charge in [0.05, 0.1) is 0 Å². The standard InChI is InChI=1S/C33H26BF10P/c1-13-8-15(3)32(16(4)9-13)45(33-17(5)10-14(2)11-18(33)6)12-19(7)34(20-22(35)26(39)30(43)27(40)23(20)36)21-24(37)28(41)31(44)29(42)25(21)38/h8-12H,1-7H3/q-1/b19-12+. The van der Waals surface area contributed by atoms with Crippen molar-refractivity contribution < 1.29 is 43.9 Å². The van der Waals surface area contributed by atoms with Crippen LogP contribution in [0, 0.1) is 99.7 Å². The SMILES string of the molecule is C/C(=C\P(c1c(C)cc(C)cc1C)c1c(C)cc(C)cc1C)[B-](c1c(F)c(F)c(F)c(F)c1F)c1c(F)c(F)c(F)c(F)c1F. The maximum Gasteiger partial charge on any atom is 0.200 e. The minimum Gasteiger partial charge on any atom is -0.256 e. The van der Waals surface area contributed by atoms with E-state index in [1.165, 1.54) is 5.82 Å². The van der Waals surface area contributed by atoms with Gasteiger partial charge in [-0.25, -0.2) is 43.9 Å². The van der Waals surface area contributed by atoms with Crippen LogP contribution in [-0.2, 0) is 0 Å². The van der Waals surface area contributed by atoms with Gasteiger partial charge < -0.3 is 0 Å². The van der Waals surface area contributed by atoms with Gasteiger partial charge in [0.1, 0.15) is 23.3 Å². The van der Waals surface area contributed by atoms with Gasteiger partial charge in [-0.1, -0.05) is 48.1 Å². The second kappa shape index (κ2) is 12.7. The summed E-state index contributed by atoms with van der Waals surface area (Å²) >= 11 is 0. The van der Waals surface area contributed by atoms with Crippen LogP contribution in [0.2, 0.25) is 0 Å². The fourth-order valence-electron chi connectivity index (χ4n) is 5.97. The summed E-state index contributed by atoms with van der Waals surface area (Å²) < 4.78 is 147. The molecular formula is C33H26BF10P-. The Hall–Kier alpha value is -3.59. The first-order valence-corrected chi connectivity index (χ1v) is 15.0. The van der Waals surface area contributed by atoms with E-state index < -0.39 is 89.2 Å². The van der Waals surface area contributed by atoms with Crippen molar-refractivity contribution >= 4 is 36.2 Å². The van der Waals surface area contributed by atoms with Crippen LogP contribution >= 0.6 is 7.92 Å². The molecule has 0 atom stereocenters. The summed E-state index contributed by atoms with van der Waals surface area (Å²) in [7, 11) is -1.77. The summed E-state index contributed by atoms with van der Waals surface area (Å²) in [6, 6.07) is 7.47. The second-order valence-corrected chi connectivity index (χ2v) is 13.0. The monoisotopic (exact) mass is 654 g/mol. The number of allylic oxidation sites excluding steroid dienone is 1. The van der Waals surface area contributed by atoms with Crippen LogP contribution in [0.4, 0.5) is 43.9 Å². The van der Waals surface area contributed by atoms with Crippen LogP contribution in [0.5, 0.6) is 0 Å². The van der Waals surface area contributed by atoms with Crippen molar-refractivity contribution in [2.75, 3.05) is 0 Å². The van der Waals surface area contributed by atoms with Gasteiger partial charge in [-0.2, -0.15) is 10.9 Å². The molecule has 0 N–H and O–H groups in total. The zero-order valence-electron chi connectivity index (χ0n) is 25.2. The molecule has 1 radical (unpaired) electrons. The summed E-state index contributed by atoms with van der Waals surface area (Å²) in [6.45, 7) is 9.41. The van der Waals surface area contributed by atoms with Crippen molar-refractivity contribution in [3.63, 3.8) is 0 Å². The molecule has 0 fully saturated rings. The summed E-state index contributed by atoms with van der Waals surface area (Å²) in [5, 5.41) is 1.44. The van der Waals surface area contributed by atoms with Gasteiger partial charge in [0.2, 0.25) is 0 Å². The zero-order valence-corrected chi connectivity index (χ0v) is 26.1. The quantitative estimate of drug-likeness (QED) is 0.0649. The molecule has 0 saturated carbocycles. The van der Waals surface area contributed by atoms with Crippen LogP contribution < -0.4 is 21.5 Å². The summed E-state index contributed by atoms with van der Waals surface area (Å²) in [5.41, 5.74) is 0.964. The molecular weight excluding hydrogens is 628 g/mol. The predicted molar refractivity (Wildman–Crippen MR) is 159 cm³/mol. The topological polar surface area (TPSA) is 0 Å². The Balaban J connectivity index is 2.20. The lowest BCUT2D eigenvalue weighted by atomic mass is 9.36. The van der Waals surface area contributed by atoms with E-state index in [1.807, 2.05) is 38.1 Å². The normalized spacial score (nSPS) is 12.2. The Morgan fingerprint density at radius 3 is 0.978 bits per heavy atom. The Bertz CT molecular complexity index is 1670. The summed E-state index contributed by atoms with van der Waals surface area (Å²) in [5.74, 6) is -23.4. The lowest BCUT2D eigenvalue weighted by molar-refractivity contribution is 0.382. The molecule has 0 saturated heterocycles. The first-order chi connectivity index (χ1) is 20.9. The van der Waals surface area contributed by atoms with Crippen molar-refractivity contribution in [2.24, 2.45) is 0 Å². The third-order valence-electron chi connectivity index (χ3n) is 7.61. The largest absolute Gasteiger partial charge is 0.256 e. The van der Waals surface area contributed by atoms with Crippen LogP contribution in [0.1, 0.15) is 40.3 Å². The molecule has 237 valence electrons. The Labute approximate surface area is 255 Å². The molecule has 0 aliphatic rings. The lowest BCUT2D eigenvalue weighted by Crippen LogP contribution is -2.52. The van der Waals surface area contributed by atoms with Gasteiger partial charge in [0, 0.05) is 0 Å². The molecule has 0 aliphatic heterocycles. The van der Waals surface area contributed by atoms with E-state index in [2.05, 4.69) is 0 Å². The number of halogens is 10. The third kappa shape index (κ3) is 5.91. The van der Waals surface area contributed by atoms with Gasteiger partial charge >= 0.3 is 0 Å². The van der Waals surface area contributed by atoms with Gasteiger partial charge in [-0.3, -0.25) is 5.47 Å². The van der Waals surface area contributed by atoms with Crippen molar-refractivity contribution in [3.8, 4) is 0 Å². The molecule has 4 rings (SSSR count). The molecule has 12 heteroatoms. The highest BCUT2D eigenvalue weighted by Crippen LogP contribution is 2.42. The van der Waals surface area contributed by atoms with Crippen LogP contribution in [0.3, 0.4) is 0 Å². The van der Waals surface area contributed by atoms with Crippen LogP contribution in [0.25, 0.3) is 0 Å². The highest BCUT2D eigenvalue weighted by molar-refractivity contribution is 7.76. The number of aryl methyl sites for hydroxylation is 6. The molecule has 45 heavy (non-hydrogen) atoms. The van der Waals surface area contributed by atoms with Gasteiger partial charge in [0.25, 0.3) is 0 Å². The highest BCUT2D eigenvalue weighted by atomic mass is 31.1. The van der Waals surface area contributed by atoms with E-state index in [4.69, 9.17) is 0 Å². The van der Waals surface area contributed by atoms with E-state index in [1.54, 1.807) is 27.7 Å². The Morgan fingerprint density at radius 2 is 0.711 bits per heavy atom. The minimum absolute atomic E-state index is 0.411. The van der Waals surface area contributed by atoms with E-state index in [9.17, 15) is 26.3 Å². The molecule has 0 spiro atoms. The van der Waals surface area contributed by atoms with Crippen molar-refractivity contribution in [2.45, 2.75) is 48.5 Å². The van der Waals surface area contributed by atoms with E-state index in [0.29, 0.717) is 0 Å². The molecule has 0 aliphatic carbocycles. The molecule has 0 bridgehead atoms. The lowest BCUT2D eigenvalue weighted by Gasteiger charge is -2.35. The number of hydrogen-bond acceptors (Lipinski definition) is 0. The van der Waals surface area contributed by atoms with Gasteiger partial charge in [-0.05, 0) is 89.0 Å². The summed E-state index contributed by atoms with van der Waals surface area (Å²) in [4.78, 5) is 0. The smallest absolute Gasteiger partial charge is 0.200 e. The zero-order chi connectivity index (χ0) is 33.8. The van der Waals surface area contributed by atoms with Crippen molar-refractivity contribution in [1.29, 1.82) is 0 Å². The minimum atomic E-state index is -2.61. The second-order valence-electron chi connectivity index (χ2n) is 11.1. The maximum atomic E-state index is 15.3. The van der Waals surface area contributed by atoms with Crippen molar-refractivity contribution in [1.82, 2.24) is 0 Å². The Morgan fingerprint density at radius 1 is 0.467 bits per heavy atom. The van der Waals surface area contributed by atoms with E-state index in [-0.39, 0.29) is 0 Å². The average Bonchev–Trinajstić information content (AvgIpc) is 2.95. The first-order valence-electron chi connectivity index (χ1n) is 13.6. The molecule has 0 heterocycles. The molecule has 0 unspecified atom stereocenters. The predicted octanol–water partition coefficient (Wildman–Crippen LogP) is 8.11. The molecule has 0 nitrogen and oxygen atoms in total. The average molecular weight is 654 g/mol. The van der Waals surface area contributed by atoms with Crippen LogP contribution in [0.15, 0.2) is 35.6 Å². The fraction of sp³-hybridized carbons (Fsp3) is 0.212. The number of hydrogen-bond donors (Lipinski definition) is 0. The fourth-order valence-corrected chi connectivity index (χ4v) is 8.79. The van der Waals surface area contributed by atoms with Crippen LogP contribution in [-0.4, -0.2) is 6.71 Å². The number of benzene rings is 4. The summed E-state index contributed by atoms with van der Waals surface area (Å²) in [6.07, 6.45) is 0. The van der Waals surface area contributed by atoms with Crippen molar-refractivity contribution in [3.05, 3.63) is 127 Å². The maximum absolute atomic E-state index is 15.3. The van der Waals surface area contributed by atoms with E-state index in [0.717, 1.165) is 50.9 Å². The van der Waals surface area contributed by atoms with Gasteiger partial charge in [0.15, 0.2) is 34.9 Å². The molecule has 4 aromatic carbocycles. The molecule has 0 aromatic heterocycles.